The van der Waals surface area contributed by atoms with Gasteiger partial charge in [-0.05, 0) is 49.5 Å². The largest absolute Gasteiger partial charge is 0.356 e. The van der Waals surface area contributed by atoms with E-state index in [1.807, 2.05) is 7.05 Å². The van der Waals surface area contributed by atoms with Crippen molar-refractivity contribution >= 4 is 5.96 Å². The Kier molecular flexibility index (Phi) is 10.1. The van der Waals surface area contributed by atoms with Crippen LogP contribution in [0.2, 0.25) is 0 Å². The molecule has 2 heterocycles. The molecule has 0 radical (unpaired) electrons. The van der Waals surface area contributed by atoms with Crippen LogP contribution in [-0.4, -0.2) is 86.6 Å². The van der Waals surface area contributed by atoms with Gasteiger partial charge in [-0.15, -0.1) is 0 Å². The molecule has 6 nitrogen and oxygen atoms in total. The van der Waals surface area contributed by atoms with Crippen molar-refractivity contribution < 1.29 is 0 Å². The number of rotatable bonds is 9. The fraction of sp³-hybridized carbons (Fsp3) is 0.720. The van der Waals surface area contributed by atoms with Gasteiger partial charge in [0.05, 0.1) is 0 Å². The van der Waals surface area contributed by atoms with Crippen LogP contribution < -0.4 is 10.6 Å². The van der Waals surface area contributed by atoms with Crippen molar-refractivity contribution in [2.75, 3.05) is 66.0 Å². The maximum absolute atomic E-state index is 4.41. The molecule has 0 bridgehead atoms. The van der Waals surface area contributed by atoms with Crippen LogP contribution in [0.5, 0.6) is 0 Å². The van der Waals surface area contributed by atoms with Crippen LogP contribution in [0.3, 0.4) is 0 Å². The molecule has 1 atom stereocenters. The second-order valence-corrected chi connectivity index (χ2v) is 9.30. The predicted octanol–water partition coefficient (Wildman–Crippen LogP) is 2.61. The van der Waals surface area contributed by atoms with Crippen molar-refractivity contribution in [1.82, 2.24) is 25.3 Å². The van der Waals surface area contributed by atoms with E-state index in [2.05, 4.69) is 68.4 Å². The lowest BCUT2D eigenvalue weighted by atomic mass is 10.1. The first-order valence-electron chi connectivity index (χ1n) is 12.4. The van der Waals surface area contributed by atoms with Crippen molar-refractivity contribution in [2.24, 2.45) is 10.9 Å². The van der Waals surface area contributed by atoms with Crippen LogP contribution in [0.15, 0.2) is 29.3 Å². The zero-order valence-electron chi connectivity index (χ0n) is 20.1. The molecule has 0 aliphatic carbocycles. The summed E-state index contributed by atoms with van der Waals surface area (Å²) in [5.74, 6) is 1.49. The third kappa shape index (κ3) is 8.43. The third-order valence-corrected chi connectivity index (χ3v) is 6.66. The van der Waals surface area contributed by atoms with E-state index in [-0.39, 0.29) is 0 Å². The second kappa shape index (κ2) is 13.0. The SMILES string of the molecule is CCN1CCN(CC(C)CNC(=NC)NCc2ccc(CN3CCCCC3)cc2)CC1. The van der Waals surface area contributed by atoms with Gasteiger partial charge in [0.25, 0.3) is 0 Å². The molecule has 0 aromatic heterocycles. The number of nitrogens with zero attached hydrogens (tertiary/aromatic N) is 4. The lowest BCUT2D eigenvalue weighted by molar-refractivity contribution is 0.124. The molecule has 2 fully saturated rings. The lowest BCUT2D eigenvalue weighted by Crippen LogP contribution is -2.48. The molecule has 6 heteroatoms. The summed E-state index contributed by atoms with van der Waals surface area (Å²) in [4.78, 5) is 12.1. The lowest BCUT2D eigenvalue weighted by Gasteiger charge is -2.35. The number of hydrogen-bond donors (Lipinski definition) is 2. The summed E-state index contributed by atoms with van der Waals surface area (Å²) in [7, 11) is 1.85. The smallest absolute Gasteiger partial charge is 0.191 e. The van der Waals surface area contributed by atoms with Gasteiger partial charge in [0.2, 0.25) is 0 Å². The van der Waals surface area contributed by atoms with Crippen molar-refractivity contribution in [3.05, 3.63) is 35.4 Å². The number of piperazine rings is 1. The highest BCUT2D eigenvalue weighted by Gasteiger charge is 2.17. The summed E-state index contributed by atoms with van der Waals surface area (Å²) in [6.45, 7) is 17.0. The topological polar surface area (TPSA) is 46.1 Å². The van der Waals surface area contributed by atoms with Gasteiger partial charge in [-0.25, -0.2) is 0 Å². The summed E-state index contributed by atoms with van der Waals surface area (Å²) < 4.78 is 0. The van der Waals surface area contributed by atoms with Gasteiger partial charge in [0, 0.05) is 59.4 Å². The first kappa shape index (κ1) is 24.0. The zero-order valence-corrected chi connectivity index (χ0v) is 20.1. The summed E-state index contributed by atoms with van der Waals surface area (Å²) >= 11 is 0. The molecule has 0 saturated carbocycles. The van der Waals surface area contributed by atoms with Crippen LogP contribution in [0.1, 0.15) is 44.2 Å². The van der Waals surface area contributed by atoms with Crippen LogP contribution in [0.4, 0.5) is 0 Å². The second-order valence-electron chi connectivity index (χ2n) is 9.30. The molecule has 0 amide bonds. The minimum atomic E-state index is 0.598. The normalized spacial score (nSPS) is 20.5. The molecular weight excluding hydrogens is 384 g/mol. The number of likely N-dealkylation sites (N-methyl/N-ethyl adjacent to an activating group) is 1. The predicted molar refractivity (Wildman–Crippen MR) is 131 cm³/mol. The van der Waals surface area contributed by atoms with Crippen molar-refractivity contribution in [3.8, 4) is 0 Å². The summed E-state index contributed by atoms with van der Waals surface area (Å²) in [5.41, 5.74) is 2.72. The average Bonchev–Trinajstić information content (AvgIpc) is 2.81. The van der Waals surface area contributed by atoms with Crippen LogP contribution in [0.25, 0.3) is 0 Å². The number of aliphatic imine (C=N–C) groups is 1. The molecule has 2 N–H and O–H groups in total. The molecule has 31 heavy (non-hydrogen) atoms. The first-order chi connectivity index (χ1) is 15.2. The summed E-state index contributed by atoms with van der Waals surface area (Å²) in [6.07, 6.45) is 4.09. The van der Waals surface area contributed by atoms with E-state index in [1.165, 1.54) is 76.2 Å². The number of hydrogen-bond acceptors (Lipinski definition) is 4. The van der Waals surface area contributed by atoms with Crippen LogP contribution >= 0.6 is 0 Å². The number of benzene rings is 1. The van der Waals surface area contributed by atoms with E-state index >= 15 is 0 Å². The van der Waals surface area contributed by atoms with E-state index in [1.54, 1.807) is 0 Å². The van der Waals surface area contributed by atoms with Crippen molar-refractivity contribution in [3.63, 3.8) is 0 Å². The molecular formula is C25H44N6. The standard InChI is InChI=1S/C25H44N6/c1-4-29-14-16-31(17-15-29)20-22(2)18-27-25(26-3)28-19-23-8-10-24(11-9-23)21-30-12-6-5-7-13-30/h8-11,22H,4-7,12-21H2,1-3H3,(H2,26,27,28). The monoisotopic (exact) mass is 428 g/mol. The number of piperidine rings is 1. The molecule has 2 aliphatic rings. The highest BCUT2D eigenvalue weighted by atomic mass is 15.3. The average molecular weight is 429 g/mol. The summed E-state index contributed by atoms with van der Waals surface area (Å²) in [5, 5.41) is 6.98. The first-order valence-corrected chi connectivity index (χ1v) is 12.4. The van der Waals surface area contributed by atoms with Gasteiger partial charge in [-0.2, -0.15) is 0 Å². The minimum absolute atomic E-state index is 0.598. The Hall–Kier alpha value is -1.63. The molecule has 3 rings (SSSR count). The Balaban J connectivity index is 1.34. The van der Waals surface area contributed by atoms with Crippen molar-refractivity contribution in [2.45, 2.75) is 46.2 Å². The molecule has 1 aromatic rings. The van der Waals surface area contributed by atoms with E-state index in [9.17, 15) is 0 Å². The Bertz CT molecular complexity index is 644. The number of likely N-dealkylation sites (tertiary alicyclic amines) is 1. The van der Waals surface area contributed by atoms with Crippen LogP contribution in [-0.2, 0) is 13.1 Å². The van der Waals surface area contributed by atoms with Gasteiger partial charge in [-0.3, -0.25) is 9.89 Å². The third-order valence-electron chi connectivity index (χ3n) is 6.66. The summed E-state index contributed by atoms with van der Waals surface area (Å²) in [6, 6.07) is 9.06. The molecule has 1 aromatic carbocycles. The van der Waals surface area contributed by atoms with Gasteiger partial charge in [-0.1, -0.05) is 44.5 Å². The van der Waals surface area contributed by atoms with E-state index in [0.29, 0.717) is 5.92 Å². The fourth-order valence-electron chi connectivity index (χ4n) is 4.61. The number of guanidine groups is 1. The van der Waals surface area contributed by atoms with Gasteiger partial charge < -0.3 is 20.4 Å². The van der Waals surface area contributed by atoms with Crippen molar-refractivity contribution in [1.29, 1.82) is 0 Å². The van der Waals surface area contributed by atoms with Gasteiger partial charge in [0.1, 0.15) is 0 Å². The van der Waals surface area contributed by atoms with Crippen LogP contribution in [0, 0.1) is 5.92 Å². The van der Waals surface area contributed by atoms with Gasteiger partial charge in [0.15, 0.2) is 5.96 Å². The molecule has 0 spiro atoms. The van der Waals surface area contributed by atoms with Gasteiger partial charge >= 0.3 is 0 Å². The molecule has 174 valence electrons. The molecule has 2 aliphatic heterocycles. The number of nitrogens with one attached hydrogen (secondary N) is 2. The Morgan fingerprint density at radius 1 is 0.871 bits per heavy atom. The Morgan fingerprint density at radius 3 is 2.16 bits per heavy atom. The highest BCUT2D eigenvalue weighted by molar-refractivity contribution is 5.79. The quantitative estimate of drug-likeness (QED) is 0.468. The Labute approximate surface area is 190 Å². The maximum Gasteiger partial charge on any atom is 0.191 e. The van der Waals surface area contributed by atoms with E-state index in [4.69, 9.17) is 0 Å². The molecule has 2 saturated heterocycles. The van der Waals surface area contributed by atoms with E-state index < -0.39 is 0 Å². The Morgan fingerprint density at radius 2 is 1.52 bits per heavy atom. The highest BCUT2D eigenvalue weighted by Crippen LogP contribution is 2.13. The minimum Gasteiger partial charge on any atom is -0.356 e. The maximum atomic E-state index is 4.41. The van der Waals surface area contributed by atoms with E-state index in [0.717, 1.165) is 32.1 Å². The molecule has 1 unspecified atom stereocenters. The zero-order chi connectivity index (χ0) is 21.9. The fourth-order valence-corrected chi connectivity index (χ4v) is 4.61.